The highest BCUT2D eigenvalue weighted by Crippen LogP contribution is 2.18. The second-order valence-corrected chi connectivity index (χ2v) is 6.17. The van der Waals surface area contributed by atoms with Crippen LogP contribution in [0.5, 0.6) is 5.75 Å². The van der Waals surface area contributed by atoms with Crippen LogP contribution in [0.1, 0.15) is 48.7 Å². The summed E-state index contributed by atoms with van der Waals surface area (Å²) in [6.07, 6.45) is 1.99. The molecule has 0 bridgehead atoms. The average Bonchev–Trinajstić information content (AvgIpc) is 2.63. The molecule has 0 spiro atoms. The van der Waals surface area contributed by atoms with Gasteiger partial charge in [0.1, 0.15) is 5.75 Å². The Kier molecular flexibility index (Phi) is 7.41. The summed E-state index contributed by atoms with van der Waals surface area (Å²) in [5, 5.41) is 6.15. The molecule has 0 fully saturated rings. The quantitative estimate of drug-likeness (QED) is 0.576. The maximum absolute atomic E-state index is 12.5. The van der Waals surface area contributed by atoms with Crippen LogP contribution in [0.4, 0.5) is 0 Å². The molecule has 25 heavy (non-hydrogen) atoms. The van der Waals surface area contributed by atoms with Gasteiger partial charge < -0.3 is 10.1 Å². The van der Waals surface area contributed by atoms with Gasteiger partial charge in [0.2, 0.25) is 0 Å². The molecule has 0 aliphatic carbocycles. The lowest BCUT2D eigenvalue weighted by atomic mass is 10.1. The Morgan fingerprint density at radius 2 is 1.80 bits per heavy atom. The molecule has 0 aliphatic heterocycles. The summed E-state index contributed by atoms with van der Waals surface area (Å²) in [7, 11) is 0. The van der Waals surface area contributed by atoms with E-state index in [0.717, 1.165) is 18.4 Å². The van der Waals surface area contributed by atoms with Gasteiger partial charge in [0, 0.05) is 0 Å². The normalized spacial score (nSPS) is 11.4. The number of thiocarbonyl (C=S) groups is 1. The van der Waals surface area contributed by atoms with Crippen molar-refractivity contribution in [3.8, 4) is 5.75 Å². The molecule has 2 aromatic carbocycles. The number of hydrogen-bond donors (Lipinski definition) is 2. The number of unbranched alkanes of at least 4 members (excludes halogenated alkanes) is 1. The maximum atomic E-state index is 12.5. The molecule has 4 nitrogen and oxygen atoms in total. The summed E-state index contributed by atoms with van der Waals surface area (Å²) in [4.78, 5) is 12.5. The first-order valence-electron chi connectivity index (χ1n) is 8.50. The molecule has 1 atom stereocenters. The van der Waals surface area contributed by atoms with Gasteiger partial charge in [-0.25, -0.2) is 0 Å². The van der Waals surface area contributed by atoms with Crippen molar-refractivity contribution in [2.75, 3.05) is 6.61 Å². The molecule has 0 saturated heterocycles. The van der Waals surface area contributed by atoms with Crippen molar-refractivity contribution >= 4 is 23.2 Å². The molecule has 2 aromatic rings. The summed E-state index contributed by atoms with van der Waals surface area (Å²) in [6, 6.07) is 17.1. The summed E-state index contributed by atoms with van der Waals surface area (Å²) >= 11 is 5.27. The number of nitrogens with one attached hydrogen (secondary N) is 2. The number of carbonyl (C=O) groups excluding carboxylic acids is 1. The van der Waals surface area contributed by atoms with Crippen molar-refractivity contribution in [1.29, 1.82) is 0 Å². The Morgan fingerprint density at radius 1 is 1.12 bits per heavy atom. The van der Waals surface area contributed by atoms with Crippen molar-refractivity contribution in [2.24, 2.45) is 0 Å². The van der Waals surface area contributed by atoms with E-state index in [-0.39, 0.29) is 11.9 Å². The second-order valence-electron chi connectivity index (χ2n) is 5.76. The van der Waals surface area contributed by atoms with Gasteiger partial charge >= 0.3 is 0 Å². The Morgan fingerprint density at radius 3 is 2.52 bits per heavy atom. The van der Waals surface area contributed by atoms with Crippen LogP contribution >= 0.6 is 12.2 Å². The highest BCUT2D eigenvalue weighted by molar-refractivity contribution is 7.80. The van der Waals surface area contributed by atoms with Crippen LogP contribution in [0.2, 0.25) is 0 Å². The largest absolute Gasteiger partial charge is 0.493 e. The van der Waals surface area contributed by atoms with Crippen LogP contribution < -0.4 is 15.4 Å². The third-order valence-electron chi connectivity index (χ3n) is 3.76. The van der Waals surface area contributed by atoms with E-state index in [9.17, 15) is 4.79 Å². The summed E-state index contributed by atoms with van der Waals surface area (Å²) in [6.45, 7) is 4.68. The first-order chi connectivity index (χ1) is 12.1. The molecule has 2 N–H and O–H groups in total. The average molecular weight is 356 g/mol. The molecule has 5 heteroatoms. The fourth-order valence-electron chi connectivity index (χ4n) is 2.33. The number of para-hydroxylation sites is 1. The Hall–Kier alpha value is -2.40. The number of rotatable bonds is 7. The van der Waals surface area contributed by atoms with Gasteiger partial charge in [-0.3, -0.25) is 10.1 Å². The SMILES string of the molecule is CCCCOc1ccccc1C(=O)NC(=S)N[C@@H](C)c1ccccc1. The lowest BCUT2D eigenvalue weighted by Crippen LogP contribution is -2.40. The maximum Gasteiger partial charge on any atom is 0.261 e. The standard InChI is InChI=1S/C20H24N2O2S/c1-3-4-14-24-18-13-9-8-12-17(18)19(23)22-20(25)21-15(2)16-10-6-5-7-11-16/h5-13,15H,3-4,14H2,1-2H3,(H2,21,22,23,25)/t15-/m0/s1. The monoisotopic (exact) mass is 356 g/mol. The second kappa shape index (κ2) is 9.79. The zero-order valence-electron chi connectivity index (χ0n) is 14.6. The fraction of sp³-hybridized carbons (Fsp3) is 0.300. The number of hydrogen-bond acceptors (Lipinski definition) is 3. The fourth-order valence-corrected chi connectivity index (χ4v) is 2.60. The van der Waals surface area contributed by atoms with E-state index >= 15 is 0 Å². The van der Waals surface area contributed by atoms with Gasteiger partial charge in [-0.15, -0.1) is 0 Å². The lowest BCUT2D eigenvalue weighted by molar-refractivity contribution is 0.0972. The van der Waals surface area contributed by atoms with Crippen LogP contribution in [-0.2, 0) is 0 Å². The van der Waals surface area contributed by atoms with Crippen LogP contribution in [0.25, 0.3) is 0 Å². The van der Waals surface area contributed by atoms with Crippen molar-refractivity contribution in [3.05, 3.63) is 65.7 Å². The molecule has 0 heterocycles. The van der Waals surface area contributed by atoms with Gasteiger partial charge in [-0.1, -0.05) is 55.8 Å². The number of amides is 1. The number of ether oxygens (including phenoxy) is 1. The molecule has 0 aromatic heterocycles. The molecular weight excluding hydrogens is 332 g/mol. The lowest BCUT2D eigenvalue weighted by Gasteiger charge is -2.17. The third kappa shape index (κ3) is 5.87. The zero-order chi connectivity index (χ0) is 18.1. The molecule has 2 rings (SSSR count). The topological polar surface area (TPSA) is 50.4 Å². The molecule has 132 valence electrons. The van der Waals surface area contributed by atoms with E-state index in [1.165, 1.54) is 0 Å². The first-order valence-corrected chi connectivity index (χ1v) is 8.91. The van der Waals surface area contributed by atoms with E-state index in [0.29, 0.717) is 23.0 Å². The summed E-state index contributed by atoms with van der Waals surface area (Å²) in [5.74, 6) is 0.303. The van der Waals surface area contributed by atoms with Crippen molar-refractivity contribution in [3.63, 3.8) is 0 Å². The van der Waals surface area contributed by atoms with Crippen LogP contribution in [0.3, 0.4) is 0 Å². The minimum atomic E-state index is -0.273. The third-order valence-corrected chi connectivity index (χ3v) is 3.98. The Labute approximate surface area is 154 Å². The van der Waals surface area contributed by atoms with Gasteiger partial charge in [0.15, 0.2) is 5.11 Å². The van der Waals surface area contributed by atoms with Crippen molar-refractivity contribution < 1.29 is 9.53 Å². The van der Waals surface area contributed by atoms with E-state index in [2.05, 4.69) is 17.6 Å². The Balaban J connectivity index is 1.96. The van der Waals surface area contributed by atoms with E-state index in [1.54, 1.807) is 12.1 Å². The highest BCUT2D eigenvalue weighted by Gasteiger charge is 2.14. The van der Waals surface area contributed by atoms with Gasteiger partial charge in [0.05, 0.1) is 18.2 Å². The first kappa shape index (κ1) is 18.9. The minimum absolute atomic E-state index is 0.00467. The van der Waals surface area contributed by atoms with Crippen LogP contribution in [-0.4, -0.2) is 17.6 Å². The molecule has 1 amide bonds. The summed E-state index contributed by atoms with van der Waals surface area (Å²) in [5.41, 5.74) is 1.58. The summed E-state index contributed by atoms with van der Waals surface area (Å²) < 4.78 is 5.71. The van der Waals surface area contributed by atoms with E-state index < -0.39 is 0 Å². The van der Waals surface area contributed by atoms with Gasteiger partial charge in [-0.2, -0.15) is 0 Å². The predicted molar refractivity (Wildman–Crippen MR) is 105 cm³/mol. The van der Waals surface area contributed by atoms with Gasteiger partial charge in [0.25, 0.3) is 5.91 Å². The zero-order valence-corrected chi connectivity index (χ0v) is 15.4. The molecule has 0 aliphatic rings. The van der Waals surface area contributed by atoms with Gasteiger partial charge in [-0.05, 0) is 43.3 Å². The smallest absolute Gasteiger partial charge is 0.261 e. The minimum Gasteiger partial charge on any atom is -0.493 e. The highest BCUT2D eigenvalue weighted by atomic mass is 32.1. The van der Waals surface area contributed by atoms with Crippen molar-refractivity contribution in [2.45, 2.75) is 32.7 Å². The van der Waals surface area contributed by atoms with Crippen molar-refractivity contribution in [1.82, 2.24) is 10.6 Å². The Bertz CT molecular complexity index is 704. The van der Waals surface area contributed by atoms with Crippen LogP contribution in [0, 0.1) is 0 Å². The molecular formula is C20H24N2O2S. The number of benzene rings is 2. The predicted octanol–water partition coefficient (Wildman–Crippen LogP) is 4.23. The van der Waals surface area contributed by atoms with E-state index in [1.807, 2.05) is 49.4 Å². The van der Waals surface area contributed by atoms with Crippen LogP contribution in [0.15, 0.2) is 54.6 Å². The van der Waals surface area contributed by atoms with E-state index in [4.69, 9.17) is 17.0 Å². The molecule has 0 saturated carbocycles. The molecule has 0 unspecified atom stereocenters. The molecule has 0 radical (unpaired) electrons. The number of carbonyl (C=O) groups is 1.